The Morgan fingerprint density at radius 1 is 1.21 bits per heavy atom. The molecule has 1 aliphatic carbocycles. The lowest BCUT2D eigenvalue weighted by molar-refractivity contribution is -0.147. The standard InChI is InChI=1S/C14H21NO4/c1-8(2)11(14(18)19)7-15-12(16)9-5-3-4-6-10(9)13(15)17/h8-11H,3-7H2,1-2H3,(H,18,19). The predicted octanol–water partition coefficient (Wildman–Crippen LogP) is 1.52. The van der Waals surface area contributed by atoms with Crippen LogP contribution >= 0.6 is 0 Å². The Kier molecular flexibility index (Phi) is 3.92. The summed E-state index contributed by atoms with van der Waals surface area (Å²) < 4.78 is 0. The van der Waals surface area contributed by atoms with Gasteiger partial charge in [0.25, 0.3) is 0 Å². The number of carboxylic acids is 1. The van der Waals surface area contributed by atoms with Gasteiger partial charge in [-0.2, -0.15) is 0 Å². The van der Waals surface area contributed by atoms with Crippen LogP contribution in [0.3, 0.4) is 0 Å². The second kappa shape index (κ2) is 5.31. The van der Waals surface area contributed by atoms with E-state index in [4.69, 9.17) is 0 Å². The van der Waals surface area contributed by atoms with Crippen molar-refractivity contribution in [3.8, 4) is 0 Å². The van der Waals surface area contributed by atoms with Gasteiger partial charge in [0, 0.05) is 6.54 Å². The molecule has 0 aromatic rings. The molecule has 5 heteroatoms. The van der Waals surface area contributed by atoms with Crippen molar-refractivity contribution in [1.82, 2.24) is 4.90 Å². The summed E-state index contributed by atoms with van der Waals surface area (Å²) in [6.07, 6.45) is 3.51. The molecule has 5 nitrogen and oxygen atoms in total. The smallest absolute Gasteiger partial charge is 0.308 e. The predicted molar refractivity (Wildman–Crippen MR) is 68.1 cm³/mol. The molecule has 0 bridgehead atoms. The first-order valence-electron chi connectivity index (χ1n) is 7.01. The van der Waals surface area contributed by atoms with E-state index in [0.29, 0.717) is 0 Å². The van der Waals surface area contributed by atoms with Crippen LogP contribution in [0.1, 0.15) is 39.5 Å². The Labute approximate surface area is 113 Å². The van der Waals surface area contributed by atoms with E-state index < -0.39 is 11.9 Å². The molecule has 19 heavy (non-hydrogen) atoms. The minimum Gasteiger partial charge on any atom is -0.481 e. The summed E-state index contributed by atoms with van der Waals surface area (Å²) in [4.78, 5) is 36.9. The molecular weight excluding hydrogens is 246 g/mol. The zero-order valence-electron chi connectivity index (χ0n) is 11.5. The molecule has 0 aromatic heterocycles. The average molecular weight is 267 g/mol. The third-order valence-electron chi connectivity index (χ3n) is 4.43. The average Bonchev–Trinajstić information content (AvgIpc) is 2.59. The van der Waals surface area contributed by atoms with Crippen molar-refractivity contribution in [2.24, 2.45) is 23.7 Å². The maximum absolute atomic E-state index is 12.2. The van der Waals surface area contributed by atoms with Crippen LogP contribution in [-0.2, 0) is 14.4 Å². The lowest BCUT2D eigenvalue weighted by Gasteiger charge is -2.22. The van der Waals surface area contributed by atoms with Gasteiger partial charge in [-0.1, -0.05) is 26.7 Å². The van der Waals surface area contributed by atoms with Crippen molar-refractivity contribution in [3.05, 3.63) is 0 Å². The molecule has 3 unspecified atom stereocenters. The molecule has 1 N–H and O–H groups in total. The van der Waals surface area contributed by atoms with E-state index in [9.17, 15) is 19.5 Å². The third kappa shape index (κ3) is 2.51. The van der Waals surface area contributed by atoms with E-state index in [0.717, 1.165) is 25.7 Å². The molecule has 0 aromatic carbocycles. The van der Waals surface area contributed by atoms with Crippen LogP contribution in [0.2, 0.25) is 0 Å². The van der Waals surface area contributed by atoms with Gasteiger partial charge in [-0.3, -0.25) is 19.3 Å². The van der Waals surface area contributed by atoms with Crippen molar-refractivity contribution < 1.29 is 19.5 Å². The van der Waals surface area contributed by atoms with Crippen LogP contribution in [0.25, 0.3) is 0 Å². The topological polar surface area (TPSA) is 74.7 Å². The Morgan fingerprint density at radius 2 is 1.68 bits per heavy atom. The minimum absolute atomic E-state index is 0.0255. The Bertz CT molecular complexity index is 380. The van der Waals surface area contributed by atoms with Crippen LogP contribution in [0, 0.1) is 23.7 Å². The minimum atomic E-state index is -0.939. The number of carbonyl (C=O) groups excluding carboxylic acids is 2. The van der Waals surface area contributed by atoms with E-state index in [1.807, 2.05) is 0 Å². The summed E-state index contributed by atoms with van der Waals surface area (Å²) in [5.41, 5.74) is 0. The highest BCUT2D eigenvalue weighted by Gasteiger charge is 2.49. The van der Waals surface area contributed by atoms with Crippen LogP contribution in [0.15, 0.2) is 0 Å². The van der Waals surface area contributed by atoms with Gasteiger partial charge in [0.1, 0.15) is 0 Å². The molecule has 0 spiro atoms. The second-order valence-corrected chi connectivity index (χ2v) is 5.97. The number of hydrogen-bond donors (Lipinski definition) is 1. The van der Waals surface area contributed by atoms with E-state index in [-0.39, 0.29) is 36.1 Å². The molecule has 2 rings (SSSR count). The lowest BCUT2D eigenvalue weighted by Crippen LogP contribution is -2.40. The van der Waals surface area contributed by atoms with Gasteiger partial charge in [0.05, 0.1) is 17.8 Å². The van der Waals surface area contributed by atoms with Gasteiger partial charge in [-0.25, -0.2) is 0 Å². The first kappa shape index (κ1) is 14.0. The molecule has 1 heterocycles. The third-order valence-corrected chi connectivity index (χ3v) is 4.43. The van der Waals surface area contributed by atoms with Crippen molar-refractivity contribution in [2.75, 3.05) is 6.54 Å². The Balaban J connectivity index is 2.14. The number of carboxylic acid groups (broad SMARTS) is 1. The van der Waals surface area contributed by atoms with Crippen molar-refractivity contribution in [3.63, 3.8) is 0 Å². The van der Waals surface area contributed by atoms with Crippen LogP contribution in [-0.4, -0.2) is 34.3 Å². The van der Waals surface area contributed by atoms with Crippen molar-refractivity contribution in [1.29, 1.82) is 0 Å². The zero-order valence-corrected chi connectivity index (χ0v) is 11.5. The summed E-state index contributed by atoms with van der Waals surface area (Å²) >= 11 is 0. The number of hydrogen-bond acceptors (Lipinski definition) is 3. The fourth-order valence-electron chi connectivity index (χ4n) is 3.18. The van der Waals surface area contributed by atoms with Gasteiger partial charge in [0.2, 0.25) is 11.8 Å². The maximum atomic E-state index is 12.2. The Hall–Kier alpha value is -1.39. The molecule has 2 aliphatic rings. The molecule has 2 fully saturated rings. The number of carbonyl (C=O) groups is 3. The Morgan fingerprint density at radius 3 is 2.05 bits per heavy atom. The first-order chi connectivity index (χ1) is 8.93. The molecule has 2 amide bonds. The molecule has 1 saturated carbocycles. The molecule has 106 valence electrons. The normalized spacial score (nSPS) is 28.7. The SMILES string of the molecule is CC(C)C(CN1C(=O)C2CCCCC2C1=O)C(=O)O. The molecular formula is C14H21NO4. The van der Waals surface area contributed by atoms with Gasteiger partial charge in [-0.15, -0.1) is 0 Å². The second-order valence-electron chi connectivity index (χ2n) is 5.97. The molecule has 1 aliphatic heterocycles. The molecule has 0 radical (unpaired) electrons. The number of aliphatic carboxylic acids is 1. The lowest BCUT2D eigenvalue weighted by atomic mass is 9.81. The van der Waals surface area contributed by atoms with E-state index in [1.165, 1.54) is 4.90 Å². The van der Waals surface area contributed by atoms with E-state index >= 15 is 0 Å². The number of likely N-dealkylation sites (tertiary alicyclic amines) is 1. The van der Waals surface area contributed by atoms with Gasteiger partial charge < -0.3 is 5.11 Å². The molecule has 3 atom stereocenters. The summed E-state index contributed by atoms with van der Waals surface area (Å²) in [6.45, 7) is 3.63. The maximum Gasteiger partial charge on any atom is 0.308 e. The first-order valence-corrected chi connectivity index (χ1v) is 7.01. The zero-order chi connectivity index (χ0) is 14.2. The highest BCUT2D eigenvalue weighted by Crippen LogP contribution is 2.38. The highest BCUT2D eigenvalue weighted by atomic mass is 16.4. The van der Waals surface area contributed by atoms with E-state index in [2.05, 4.69) is 0 Å². The summed E-state index contributed by atoms with van der Waals surface area (Å²) in [5.74, 6) is -2.40. The monoisotopic (exact) mass is 267 g/mol. The quantitative estimate of drug-likeness (QED) is 0.784. The summed E-state index contributed by atoms with van der Waals surface area (Å²) in [5, 5.41) is 9.19. The highest BCUT2D eigenvalue weighted by molar-refractivity contribution is 6.05. The van der Waals surface area contributed by atoms with Crippen LogP contribution < -0.4 is 0 Å². The van der Waals surface area contributed by atoms with Gasteiger partial charge in [-0.05, 0) is 18.8 Å². The number of imide groups is 1. The number of fused-ring (bicyclic) bond motifs is 1. The van der Waals surface area contributed by atoms with Gasteiger partial charge in [0.15, 0.2) is 0 Å². The van der Waals surface area contributed by atoms with Crippen molar-refractivity contribution >= 4 is 17.8 Å². The molecule has 1 saturated heterocycles. The number of rotatable bonds is 4. The number of amides is 2. The fourth-order valence-corrected chi connectivity index (χ4v) is 3.18. The fraction of sp³-hybridized carbons (Fsp3) is 0.786. The summed E-state index contributed by atoms with van der Waals surface area (Å²) in [7, 11) is 0. The van der Waals surface area contributed by atoms with Crippen LogP contribution in [0.5, 0.6) is 0 Å². The largest absolute Gasteiger partial charge is 0.481 e. The van der Waals surface area contributed by atoms with E-state index in [1.54, 1.807) is 13.8 Å². The van der Waals surface area contributed by atoms with Crippen molar-refractivity contribution in [2.45, 2.75) is 39.5 Å². The van der Waals surface area contributed by atoms with Gasteiger partial charge >= 0.3 is 5.97 Å². The number of nitrogens with zero attached hydrogens (tertiary/aromatic N) is 1. The van der Waals surface area contributed by atoms with Crippen LogP contribution in [0.4, 0.5) is 0 Å². The summed E-state index contributed by atoms with van der Waals surface area (Å²) in [6, 6.07) is 0.